The van der Waals surface area contributed by atoms with Crippen molar-refractivity contribution in [1.82, 2.24) is 10.5 Å². The molecule has 5 nitrogen and oxygen atoms in total. The van der Waals surface area contributed by atoms with Crippen LogP contribution in [-0.4, -0.2) is 16.1 Å². The van der Waals surface area contributed by atoms with E-state index in [0.717, 1.165) is 36.3 Å². The van der Waals surface area contributed by atoms with Gasteiger partial charge in [-0.3, -0.25) is 4.79 Å². The average Bonchev–Trinajstić information content (AvgIpc) is 2.55. The van der Waals surface area contributed by atoms with Crippen molar-refractivity contribution >= 4 is 23.1 Å². The van der Waals surface area contributed by atoms with E-state index in [0.29, 0.717) is 4.99 Å². The number of nitrogens with two attached hydrogens (primary N) is 1. The van der Waals surface area contributed by atoms with Crippen molar-refractivity contribution in [2.24, 2.45) is 11.1 Å². The highest BCUT2D eigenvalue weighted by Crippen LogP contribution is 2.42. The van der Waals surface area contributed by atoms with Crippen LogP contribution < -0.4 is 11.1 Å². The van der Waals surface area contributed by atoms with Crippen molar-refractivity contribution < 1.29 is 9.32 Å². The van der Waals surface area contributed by atoms with Crippen molar-refractivity contribution in [2.45, 2.75) is 46.1 Å². The van der Waals surface area contributed by atoms with E-state index in [1.54, 1.807) is 0 Å². The summed E-state index contributed by atoms with van der Waals surface area (Å²) in [6.45, 7) is 5.61. The van der Waals surface area contributed by atoms with Gasteiger partial charge >= 0.3 is 0 Å². The summed E-state index contributed by atoms with van der Waals surface area (Å²) in [5.74, 6) is 0.641. The quantitative estimate of drug-likeness (QED) is 0.824. The average molecular weight is 281 g/mol. The second kappa shape index (κ2) is 4.92. The van der Waals surface area contributed by atoms with Gasteiger partial charge in [0, 0.05) is 5.56 Å². The fourth-order valence-electron chi connectivity index (χ4n) is 2.63. The molecule has 0 aliphatic heterocycles. The number of carbonyl (C=O) groups excluding carboxylic acids is 1. The largest absolute Gasteiger partial charge is 0.392 e. The molecule has 1 aliphatic rings. The second-order valence-electron chi connectivity index (χ2n) is 5.23. The van der Waals surface area contributed by atoms with Crippen LogP contribution in [-0.2, 0) is 4.79 Å². The van der Waals surface area contributed by atoms with Crippen LogP contribution in [0.25, 0.3) is 0 Å². The molecule has 1 aromatic heterocycles. The van der Waals surface area contributed by atoms with E-state index in [-0.39, 0.29) is 11.9 Å². The SMILES string of the molecule is Cc1noc(C)c1C(C)NC(=O)C1(C(N)=S)CCC1. The zero-order valence-corrected chi connectivity index (χ0v) is 12.3. The first-order valence-corrected chi connectivity index (χ1v) is 6.83. The van der Waals surface area contributed by atoms with Gasteiger partial charge in [0.15, 0.2) is 0 Å². The lowest BCUT2D eigenvalue weighted by molar-refractivity contribution is -0.131. The molecule has 1 heterocycles. The van der Waals surface area contributed by atoms with Crippen molar-refractivity contribution in [1.29, 1.82) is 0 Å². The maximum atomic E-state index is 12.4. The Hall–Kier alpha value is -1.43. The molecule has 1 aliphatic carbocycles. The highest BCUT2D eigenvalue weighted by molar-refractivity contribution is 7.80. The van der Waals surface area contributed by atoms with Crippen LogP contribution in [0.5, 0.6) is 0 Å². The fourth-order valence-corrected chi connectivity index (χ4v) is 2.93. The first-order chi connectivity index (χ1) is 8.88. The molecule has 0 bridgehead atoms. The lowest BCUT2D eigenvalue weighted by Crippen LogP contribution is -2.53. The van der Waals surface area contributed by atoms with E-state index >= 15 is 0 Å². The van der Waals surface area contributed by atoms with Gasteiger partial charge in [0.05, 0.1) is 22.1 Å². The minimum absolute atomic E-state index is 0.0845. The molecule has 1 saturated carbocycles. The molecule has 1 atom stereocenters. The van der Waals surface area contributed by atoms with Gasteiger partial charge in [0.25, 0.3) is 0 Å². The topological polar surface area (TPSA) is 81.2 Å². The van der Waals surface area contributed by atoms with E-state index in [2.05, 4.69) is 10.5 Å². The van der Waals surface area contributed by atoms with Crippen LogP contribution in [0.1, 0.15) is 49.2 Å². The van der Waals surface area contributed by atoms with Crippen LogP contribution in [0.3, 0.4) is 0 Å². The van der Waals surface area contributed by atoms with Crippen molar-refractivity contribution in [3.63, 3.8) is 0 Å². The molecule has 1 aromatic rings. The number of amides is 1. The second-order valence-corrected chi connectivity index (χ2v) is 5.67. The van der Waals surface area contributed by atoms with Gasteiger partial charge in [-0.2, -0.15) is 0 Å². The molecule has 3 N–H and O–H groups in total. The Balaban J connectivity index is 2.13. The maximum absolute atomic E-state index is 12.4. The van der Waals surface area contributed by atoms with Crippen LogP contribution in [0.15, 0.2) is 4.52 Å². The van der Waals surface area contributed by atoms with Crippen LogP contribution in [0, 0.1) is 19.3 Å². The molecule has 104 valence electrons. The van der Waals surface area contributed by atoms with Gasteiger partial charge in [0.2, 0.25) is 5.91 Å². The summed E-state index contributed by atoms with van der Waals surface area (Å²) in [6.07, 6.45) is 2.47. The molecule has 0 spiro atoms. The van der Waals surface area contributed by atoms with E-state index in [4.69, 9.17) is 22.5 Å². The molecule has 0 aromatic carbocycles. The van der Waals surface area contributed by atoms with E-state index in [1.807, 2.05) is 20.8 Å². The zero-order chi connectivity index (χ0) is 14.2. The van der Waals surface area contributed by atoms with Gasteiger partial charge in [-0.05, 0) is 33.6 Å². The summed E-state index contributed by atoms with van der Waals surface area (Å²) in [4.78, 5) is 12.7. The Labute approximate surface area is 117 Å². The first-order valence-electron chi connectivity index (χ1n) is 6.42. The summed E-state index contributed by atoms with van der Waals surface area (Å²) in [5, 5.41) is 6.88. The molecule has 6 heteroatoms. The lowest BCUT2D eigenvalue weighted by atomic mass is 9.68. The molecule has 1 unspecified atom stereocenters. The molecule has 19 heavy (non-hydrogen) atoms. The Morgan fingerprint density at radius 1 is 1.53 bits per heavy atom. The first kappa shape index (κ1) is 14.0. The predicted molar refractivity (Wildman–Crippen MR) is 75.6 cm³/mol. The molecule has 0 saturated heterocycles. The molecular weight excluding hydrogens is 262 g/mol. The number of carbonyl (C=O) groups is 1. The maximum Gasteiger partial charge on any atom is 0.233 e. The van der Waals surface area contributed by atoms with E-state index in [1.165, 1.54) is 0 Å². The molecule has 1 amide bonds. The Morgan fingerprint density at radius 3 is 2.53 bits per heavy atom. The van der Waals surface area contributed by atoms with Crippen molar-refractivity contribution in [3.8, 4) is 0 Å². The van der Waals surface area contributed by atoms with Gasteiger partial charge in [-0.1, -0.05) is 23.8 Å². The zero-order valence-electron chi connectivity index (χ0n) is 11.4. The number of thiocarbonyl (C=S) groups is 1. The minimum atomic E-state index is -0.650. The molecule has 0 radical (unpaired) electrons. The van der Waals surface area contributed by atoms with Gasteiger partial charge < -0.3 is 15.6 Å². The number of hydrogen-bond donors (Lipinski definition) is 2. The number of aromatic nitrogens is 1. The number of nitrogens with one attached hydrogen (secondary N) is 1. The number of nitrogens with zero attached hydrogens (tertiary/aromatic N) is 1. The smallest absolute Gasteiger partial charge is 0.233 e. The lowest BCUT2D eigenvalue weighted by Gasteiger charge is -2.39. The molecule has 1 fully saturated rings. The Bertz CT molecular complexity index is 500. The van der Waals surface area contributed by atoms with E-state index < -0.39 is 5.41 Å². The minimum Gasteiger partial charge on any atom is -0.392 e. The van der Waals surface area contributed by atoms with E-state index in [9.17, 15) is 4.79 Å². The third kappa shape index (κ3) is 2.25. The molecular formula is C13H19N3O2S. The Morgan fingerprint density at radius 2 is 2.16 bits per heavy atom. The van der Waals surface area contributed by atoms with Crippen LogP contribution in [0.2, 0.25) is 0 Å². The van der Waals surface area contributed by atoms with Gasteiger partial charge in [-0.25, -0.2) is 0 Å². The van der Waals surface area contributed by atoms with Crippen LogP contribution >= 0.6 is 12.2 Å². The summed E-state index contributed by atoms with van der Waals surface area (Å²) in [5.41, 5.74) is 6.79. The monoisotopic (exact) mass is 281 g/mol. The summed E-state index contributed by atoms with van der Waals surface area (Å²) in [6, 6.07) is -0.162. The highest BCUT2D eigenvalue weighted by Gasteiger charge is 2.47. The summed E-state index contributed by atoms with van der Waals surface area (Å²) < 4.78 is 5.12. The number of aryl methyl sites for hydroxylation is 2. The standard InChI is InChI=1S/C13H19N3O2S/c1-7(10-8(2)16-18-9(10)3)15-12(17)13(11(14)19)5-4-6-13/h7H,4-6H2,1-3H3,(H2,14,19)(H,15,17). The molecule has 2 rings (SSSR count). The van der Waals surface area contributed by atoms with Crippen LogP contribution in [0.4, 0.5) is 0 Å². The summed E-state index contributed by atoms with van der Waals surface area (Å²) >= 11 is 5.05. The highest BCUT2D eigenvalue weighted by atomic mass is 32.1. The van der Waals surface area contributed by atoms with Gasteiger partial charge in [0.1, 0.15) is 5.76 Å². The van der Waals surface area contributed by atoms with Gasteiger partial charge in [-0.15, -0.1) is 0 Å². The predicted octanol–water partition coefficient (Wildman–Crippen LogP) is 1.93. The fraction of sp³-hybridized carbons (Fsp3) is 0.615. The van der Waals surface area contributed by atoms with Crippen molar-refractivity contribution in [2.75, 3.05) is 0 Å². The number of hydrogen-bond acceptors (Lipinski definition) is 4. The third-order valence-electron chi connectivity index (χ3n) is 3.98. The summed E-state index contributed by atoms with van der Waals surface area (Å²) in [7, 11) is 0. The number of rotatable bonds is 4. The Kier molecular flexibility index (Phi) is 3.62. The normalized spacial score (nSPS) is 18.5. The van der Waals surface area contributed by atoms with Crippen molar-refractivity contribution in [3.05, 3.63) is 17.0 Å². The third-order valence-corrected chi connectivity index (χ3v) is 4.37.